The third-order valence-corrected chi connectivity index (χ3v) is 6.07. The van der Waals surface area contributed by atoms with Gasteiger partial charge in [-0.2, -0.15) is 4.31 Å². The number of hydrogen-bond acceptors (Lipinski definition) is 6. The number of hydrogen-bond donors (Lipinski definition) is 1. The van der Waals surface area contributed by atoms with Gasteiger partial charge in [0.05, 0.1) is 17.2 Å². The van der Waals surface area contributed by atoms with Crippen molar-refractivity contribution in [3.05, 3.63) is 46.9 Å². The van der Waals surface area contributed by atoms with Crippen LogP contribution in [0.5, 0.6) is 0 Å². The minimum absolute atomic E-state index is 0.0345. The van der Waals surface area contributed by atoms with E-state index in [1.54, 1.807) is 13.0 Å². The minimum atomic E-state index is -3.71. The number of sulfonamides is 1. The van der Waals surface area contributed by atoms with Crippen LogP contribution in [-0.4, -0.2) is 46.6 Å². The quantitative estimate of drug-likeness (QED) is 0.561. The van der Waals surface area contributed by atoms with E-state index < -0.39 is 16.0 Å². The van der Waals surface area contributed by atoms with Gasteiger partial charge in [-0.15, -0.1) is 0 Å². The van der Waals surface area contributed by atoms with Crippen molar-refractivity contribution in [2.75, 3.05) is 12.8 Å². The molecule has 0 saturated heterocycles. The molecule has 1 N–H and O–H groups in total. The molecule has 7 nitrogen and oxygen atoms in total. The third kappa shape index (κ3) is 5.40. The SMILES string of the molecule is Cc1cc(SCC(=O)O)nc(CN(C)S(=O)(=O)c2ccc(Cl)cc2)n1. The van der Waals surface area contributed by atoms with E-state index in [0.717, 1.165) is 16.1 Å². The molecular weight excluding hydrogens is 386 g/mol. The molecule has 0 amide bonds. The maximum atomic E-state index is 12.6. The van der Waals surface area contributed by atoms with Gasteiger partial charge in [0.25, 0.3) is 0 Å². The van der Waals surface area contributed by atoms with Crippen LogP contribution in [0.15, 0.2) is 40.3 Å². The maximum absolute atomic E-state index is 12.6. The van der Waals surface area contributed by atoms with Crippen LogP contribution in [0.3, 0.4) is 0 Å². The number of carboxylic acids is 1. The Kier molecular flexibility index (Phi) is 6.39. The molecule has 1 aromatic carbocycles. The molecule has 0 aliphatic rings. The lowest BCUT2D eigenvalue weighted by molar-refractivity contribution is -0.133. The van der Waals surface area contributed by atoms with Gasteiger partial charge in [-0.3, -0.25) is 4.79 Å². The summed E-state index contributed by atoms with van der Waals surface area (Å²) in [4.78, 5) is 19.2. The van der Waals surface area contributed by atoms with Crippen molar-refractivity contribution in [3.63, 3.8) is 0 Å². The van der Waals surface area contributed by atoms with Crippen molar-refractivity contribution in [1.82, 2.24) is 14.3 Å². The molecule has 10 heteroatoms. The highest BCUT2D eigenvalue weighted by Gasteiger charge is 2.22. The number of carbonyl (C=O) groups is 1. The zero-order chi connectivity index (χ0) is 18.6. The Hall–Kier alpha value is -1.68. The van der Waals surface area contributed by atoms with Crippen LogP contribution in [0, 0.1) is 6.92 Å². The summed E-state index contributed by atoms with van der Waals surface area (Å²) in [5.74, 6) is -0.785. The molecule has 0 radical (unpaired) electrons. The first-order valence-corrected chi connectivity index (χ1v) is 9.90. The summed E-state index contributed by atoms with van der Waals surface area (Å²) in [6.07, 6.45) is 0. The van der Waals surface area contributed by atoms with E-state index in [0.29, 0.717) is 21.6 Å². The molecule has 0 saturated carbocycles. The summed E-state index contributed by atoms with van der Waals surface area (Å²) in [5, 5.41) is 9.69. The van der Waals surface area contributed by atoms with Gasteiger partial charge in [0, 0.05) is 17.8 Å². The second kappa shape index (κ2) is 8.13. The van der Waals surface area contributed by atoms with E-state index >= 15 is 0 Å². The van der Waals surface area contributed by atoms with Gasteiger partial charge in [0.15, 0.2) is 0 Å². The predicted molar refractivity (Wildman–Crippen MR) is 95.2 cm³/mol. The number of thioether (sulfide) groups is 1. The van der Waals surface area contributed by atoms with Crippen LogP contribution in [0.2, 0.25) is 5.02 Å². The first-order chi connectivity index (χ1) is 11.7. The monoisotopic (exact) mass is 401 g/mol. The topological polar surface area (TPSA) is 100 Å². The highest BCUT2D eigenvalue weighted by molar-refractivity contribution is 7.99. The van der Waals surface area contributed by atoms with Crippen LogP contribution >= 0.6 is 23.4 Å². The molecular formula is C15H16ClN3O4S2. The van der Waals surface area contributed by atoms with Gasteiger partial charge in [-0.05, 0) is 37.3 Å². The lowest BCUT2D eigenvalue weighted by atomic mass is 10.4. The van der Waals surface area contributed by atoms with Gasteiger partial charge in [-0.25, -0.2) is 18.4 Å². The standard InChI is InChI=1S/C15H16ClN3O4S2/c1-10-7-14(24-9-15(20)21)18-13(17-10)8-19(2)25(22,23)12-5-3-11(16)4-6-12/h3-7H,8-9H2,1-2H3,(H,20,21). The van der Waals surface area contributed by atoms with Gasteiger partial charge >= 0.3 is 5.97 Å². The Bertz CT molecular complexity index is 873. The van der Waals surface area contributed by atoms with E-state index in [9.17, 15) is 13.2 Å². The summed E-state index contributed by atoms with van der Waals surface area (Å²) in [7, 11) is -2.28. The summed E-state index contributed by atoms with van der Waals surface area (Å²) < 4.78 is 26.3. The number of aryl methyl sites for hydroxylation is 1. The first-order valence-electron chi connectivity index (χ1n) is 7.09. The fraction of sp³-hybridized carbons (Fsp3) is 0.267. The van der Waals surface area contributed by atoms with Crippen LogP contribution < -0.4 is 0 Å². The zero-order valence-electron chi connectivity index (χ0n) is 13.5. The minimum Gasteiger partial charge on any atom is -0.481 e. The summed E-state index contributed by atoms with van der Waals surface area (Å²) in [5.41, 5.74) is 0.634. The molecule has 0 aliphatic heterocycles. The summed E-state index contributed by atoms with van der Waals surface area (Å²) >= 11 is 6.84. The lowest BCUT2D eigenvalue weighted by Crippen LogP contribution is -2.27. The average Bonchev–Trinajstić information content (AvgIpc) is 2.52. The smallest absolute Gasteiger partial charge is 0.313 e. The molecule has 0 unspecified atom stereocenters. The molecule has 1 aromatic heterocycles. The lowest BCUT2D eigenvalue weighted by Gasteiger charge is -2.17. The second-order valence-electron chi connectivity index (χ2n) is 5.16. The fourth-order valence-corrected chi connectivity index (χ4v) is 3.90. The molecule has 0 fully saturated rings. The van der Waals surface area contributed by atoms with E-state index in [1.165, 1.54) is 31.3 Å². The number of carboxylic acid groups (broad SMARTS) is 1. The van der Waals surface area contributed by atoms with Gasteiger partial charge < -0.3 is 5.11 Å². The Balaban J connectivity index is 2.20. The first kappa shape index (κ1) is 19.6. The molecule has 0 atom stereocenters. The number of nitrogens with zero attached hydrogens (tertiary/aromatic N) is 3. The number of aliphatic carboxylic acids is 1. The molecule has 134 valence electrons. The van der Waals surface area contributed by atoms with Crippen molar-refractivity contribution in [2.24, 2.45) is 0 Å². The third-order valence-electron chi connectivity index (χ3n) is 3.11. The van der Waals surface area contributed by atoms with E-state index in [4.69, 9.17) is 16.7 Å². The summed E-state index contributed by atoms with van der Waals surface area (Å²) in [6.45, 7) is 1.71. The van der Waals surface area contributed by atoms with Gasteiger partial charge in [0.2, 0.25) is 10.0 Å². The maximum Gasteiger partial charge on any atom is 0.313 e. The number of aromatic nitrogens is 2. The van der Waals surface area contributed by atoms with Crippen molar-refractivity contribution < 1.29 is 18.3 Å². The molecule has 25 heavy (non-hydrogen) atoms. The fourth-order valence-electron chi connectivity index (χ4n) is 1.95. The van der Waals surface area contributed by atoms with Crippen LogP contribution in [0.1, 0.15) is 11.5 Å². The van der Waals surface area contributed by atoms with Crippen LogP contribution in [0.4, 0.5) is 0 Å². The van der Waals surface area contributed by atoms with Crippen molar-refractivity contribution >= 4 is 39.4 Å². The predicted octanol–water partition coefficient (Wildman–Crippen LogP) is 2.44. The molecule has 1 heterocycles. The molecule has 2 aromatic rings. The van der Waals surface area contributed by atoms with E-state index in [1.807, 2.05) is 0 Å². The van der Waals surface area contributed by atoms with Crippen molar-refractivity contribution in [3.8, 4) is 0 Å². The second-order valence-corrected chi connectivity index (χ2v) is 8.64. The highest BCUT2D eigenvalue weighted by Crippen LogP contribution is 2.20. The van der Waals surface area contributed by atoms with Gasteiger partial charge in [-0.1, -0.05) is 23.4 Å². The molecule has 0 spiro atoms. The number of halogens is 1. The molecule has 0 bridgehead atoms. The van der Waals surface area contributed by atoms with Gasteiger partial charge in [0.1, 0.15) is 10.9 Å². The van der Waals surface area contributed by atoms with E-state index in [-0.39, 0.29) is 17.2 Å². The number of rotatable bonds is 7. The largest absolute Gasteiger partial charge is 0.481 e. The summed E-state index contributed by atoms with van der Waals surface area (Å²) in [6, 6.07) is 7.53. The Labute approximate surface area is 155 Å². The molecule has 0 aliphatic carbocycles. The normalized spacial score (nSPS) is 11.7. The zero-order valence-corrected chi connectivity index (χ0v) is 15.9. The van der Waals surface area contributed by atoms with Crippen molar-refractivity contribution in [2.45, 2.75) is 23.4 Å². The van der Waals surface area contributed by atoms with E-state index in [2.05, 4.69) is 9.97 Å². The van der Waals surface area contributed by atoms with Crippen LogP contribution in [-0.2, 0) is 21.4 Å². The Morgan fingerprint density at radius 1 is 1.28 bits per heavy atom. The van der Waals surface area contributed by atoms with Crippen LogP contribution in [0.25, 0.3) is 0 Å². The Morgan fingerprint density at radius 3 is 2.52 bits per heavy atom. The average molecular weight is 402 g/mol. The highest BCUT2D eigenvalue weighted by atomic mass is 35.5. The molecule has 2 rings (SSSR count). The Morgan fingerprint density at radius 2 is 1.92 bits per heavy atom. The van der Waals surface area contributed by atoms with Crippen molar-refractivity contribution in [1.29, 1.82) is 0 Å². The number of benzene rings is 1.